The number of nitrogens with zero attached hydrogens (tertiary/aromatic N) is 5. The predicted octanol–water partition coefficient (Wildman–Crippen LogP) is 1.70. The highest BCUT2D eigenvalue weighted by Gasteiger charge is 2.16. The number of rotatable bonds is 7. The number of thioether (sulfide) groups is 1. The van der Waals surface area contributed by atoms with Crippen molar-refractivity contribution in [2.45, 2.75) is 18.6 Å². The van der Waals surface area contributed by atoms with Crippen LogP contribution in [0, 0.1) is 0 Å². The van der Waals surface area contributed by atoms with Crippen molar-refractivity contribution >= 4 is 58.5 Å². The molecule has 0 aliphatic heterocycles. The van der Waals surface area contributed by atoms with Gasteiger partial charge < -0.3 is 16.0 Å². The summed E-state index contributed by atoms with van der Waals surface area (Å²) in [5, 5.41) is 15.1. The minimum absolute atomic E-state index is 0. The quantitative estimate of drug-likeness (QED) is 0.242. The van der Waals surface area contributed by atoms with Crippen molar-refractivity contribution in [2.24, 2.45) is 12.0 Å². The Bertz CT molecular complexity index is 700. The summed E-state index contributed by atoms with van der Waals surface area (Å²) >= 11 is 1.83. The third-order valence-electron chi connectivity index (χ3n) is 3.70. The average Bonchev–Trinajstić information content (AvgIpc) is 2.96. The Morgan fingerprint density at radius 2 is 2.04 bits per heavy atom. The van der Waals surface area contributed by atoms with Crippen LogP contribution in [0.15, 0.2) is 17.5 Å². The summed E-state index contributed by atoms with van der Waals surface area (Å²) in [4.78, 5) is 12.8. The smallest absolute Gasteiger partial charge is 0.191 e. The molecule has 0 saturated heterocycles. The molecule has 2 rings (SSSR count). The molecule has 2 aromatic rings. The van der Waals surface area contributed by atoms with Crippen LogP contribution in [0.3, 0.4) is 0 Å². The topological polar surface area (TPSA) is 92.1 Å². The zero-order valence-electron chi connectivity index (χ0n) is 15.3. The van der Waals surface area contributed by atoms with Gasteiger partial charge in [0.2, 0.25) is 0 Å². The maximum absolute atomic E-state index is 4.28. The van der Waals surface area contributed by atoms with Crippen LogP contribution in [0.5, 0.6) is 0 Å². The Hall–Kier alpha value is -1.30. The van der Waals surface area contributed by atoms with E-state index in [-0.39, 0.29) is 28.7 Å². The molecule has 0 atom stereocenters. The minimum atomic E-state index is 0. The van der Waals surface area contributed by atoms with Crippen molar-refractivity contribution in [2.75, 3.05) is 38.3 Å². The van der Waals surface area contributed by atoms with Gasteiger partial charge in [0.15, 0.2) is 11.6 Å². The van der Waals surface area contributed by atoms with Gasteiger partial charge in [-0.2, -0.15) is 16.9 Å². The normalized spacial score (nSPS) is 12.0. The molecule has 0 aliphatic carbocycles. The monoisotopic (exact) mass is 478 g/mol. The van der Waals surface area contributed by atoms with Crippen LogP contribution in [0.25, 0.3) is 11.0 Å². The van der Waals surface area contributed by atoms with Crippen LogP contribution in [-0.4, -0.2) is 63.4 Å². The largest absolute Gasteiger partial charge is 0.368 e. The molecular weight excluding hydrogens is 451 g/mol. The van der Waals surface area contributed by atoms with Gasteiger partial charge in [0.25, 0.3) is 0 Å². The van der Waals surface area contributed by atoms with Crippen molar-refractivity contribution in [3.63, 3.8) is 0 Å². The lowest BCUT2D eigenvalue weighted by Crippen LogP contribution is -2.44. The summed E-state index contributed by atoms with van der Waals surface area (Å²) in [5.41, 5.74) is 0.817. The van der Waals surface area contributed by atoms with E-state index >= 15 is 0 Å². The summed E-state index contributed by atoms with van der Waals surface area (Å²) in [7, 11) is 3.64. The van der Waals surface area contributed by atoms with Crippen molar-refractivity contribution in [1.29, 1.82) is 0 Å². The first-order valence-corrected chi connectivity index (χ1v) is 9.05. The molecule has 0 spiro atoms. The summed E-state index contributed by atoms with van der Waals surface area (Å²) in [6.07, 6.45) is 5.43. The number of aromatic nitrogens is 4. The summed E-state index contributed by atoms with van der Waals surface area (Å²) in [6, 6.07) is 0. The van der Waals surface area contributed by atoms with E-state index in [1.165, 1.54) is 0 Å². The lowest BCUT2D eigenvalue weighted by molar-refractivity contribution is 0.665. The van der Waals surface area contributed by atoms with E-state index in [4.69, 9.17) is 0 Å². The van der Waals surface area contributed by atoms with Gasteiger partial charge in [0.05, 0.1) is 11.6 Å². The fourth-order valence-corrected chi connectivity index (χ4v) is 2.27. The fraction of sp³-hybridized carbons (Fsp3) is 0.600. The van der Waals surface area contributed by atoms with Gasteiger partial charge in [-0.25, -0.2) is 9.97 Å². The van der Waals surface area contributed by atoms with Gasteiger partial charge in [-0.05, 0) is 20.1 Å². The van der Waals surface area contributed by atoms with E-state index < -0.39 is 0 Å². The van der Waals surface area contributed by atoms with Crippen LogP contribution in [-0.2, 0) is 7.05 Å². The predicted molar refractivity (Wildman–Crippen MR) is 117 cm³/mol. The Balaban J connectivity index is 0.00000312. The lowest BCUT2D eigenvalue weighted by Gasteiger charge is -2.23. The van der Waals surface area contributed by atoms with E-state index in [0.717, 1.165) is 35.9 Å². The Kier molecular flexibility index (Phi) is 8.69. The van der Waals surface area contributed by atoms with E-state index in [2.05, 4.69) is 56.1 Å². The standard InChI is InChI=1S/C15H26N8S.HI/c1-15(2,24-5)9-19-14(16-3)18-7-6-17-12-11-8-22-23(4)13(11)21-10-20-12;/h8,10H,6-7,9H2,1-5H3,(H2,16,18,19)(H,17,20,21);1H. The highest BCUT2D eigenvalue weighted by molar-refractivity contribution is 14.0. The molecule has 0 aromatic carbocycles. The molecule has 0 saturated carbocycles. The zero-order valence-corrected chi connectivity index (χ0v) is 18.5. The van der Waals surface area contributed by atoms with Crippen molar-refractivity contribution in [3.05, 3.63) is 12.5 Å². The maximum atomic E-state index is 4.28. The highest BCUT2D eigenvalue weighted by Crippen LogP contribution is 2.19. The number of aliphatic imine (C=N–C) groups is 1. The molecule has 8 nitrogen and oxygen atoms in total. The summed E-state index contributed by atoms with van der Waals surface area (Å²) in [5.74, 6) is 1.59. The molecule has 0 bridgehead atoms. The van der Waals surface area contributed by atoms with Crippen LogP contribution < -0.4 is 16.0 Å². The number of fused-ring (bicyclic) bond motifs is 1. The van der Waals surface area contributed by atoms with Gasteiger partial charge in [0.1, 0.15) is 12.1 Å². The molecule has 2 heterocycles. The molecule has 0 unspecified atom stereocenters. The SMILES string of the molecule is CN=C(NCCNc1ncnc2c1cnn2C)NCC(C)(C)SC.I. The minimum Gasteiger partial charge on any atom is -0.368 e. The number of hydrogen-bond acceptors (Lipinski definition) is 6. The van der Waals surface area contributed by atoms with E-state index in [9.17, 15) is 0 Å². The van der Waals surface area contributed by atoms with Crippen LogP contribution >= 0.6 is 35.7 Å². The van der Waals surface area contributed by atoms with Crippen LogP contribution in [0.2, 0.25) is 0 Å². The molecular formula is C15H27IN8S. The van der Waals surface area contributed by atoms with Crippen molar-refractivity contribution in [3.8, 4) is 0 Å². The average molecular weight is 478 g/mol. The lowest BCUT2D eigenvalue weighted by atomic mass is 10.2. The highest BCUT2D eigenvalue weighted by atomic mass is 127. The number of halogens is 1. The second kappa shape index (κ2) is 10.00. The molecule has 0 amide bonds. The van der Waals surface area contributed by atoms with Crippen LogP contribution in [0.1, 0.15) is 13.8 Å². The van der Waals surface area contributed by atoms with Gasteiger partial charge in [-0.3, -0.25) is 9.67 Å². The van der Waals surface area contributed by atoms with E-state index in [1.807, 2.05) is 18.8 Å². The number of guanidine groups is 1. The van der Waals surface area contributed by atoms with Gasteiger partial charge in [-0.15, -0.1) is 24.0 Å². The second-order valence-electron chi connectivity index (χ2n) is 5.97. The summed E-state index contributed by atoms with van der Waals surface area (Å²) < 4.78 is 1.91. The number of anilines is 1. The van der Waals surface area contributed by atoms with Gasteiger partial charge >= 0.3 is 0 Å². The first kappa shape index (κ1) is 21.7. The molecule has 140 valence electrons. The maximum Gasteiger partial charge on any atom is 0.191 e. The van der Waals surface area contributed by atoms with Gasteiger partial charge in [0, 0.05) is 38.5 Å². The first-order chi connectivity index (χ1) is 11.5. The first-order valence-electron chi connectivity index (χ1n) is 7.83. The zero-order chi connectivity index (χ0) is 17.6. The van der Waals surface area contributed by atoms with Crippen molar-refractivity contribution < 1.29 is 0 Å². The molecule has 0 aliphatic rings. The molecule has 10 heteroatoms. The Labute approximate surface area is 170 Å². The molecule has 0 radical (unpaired) electrons. The Morgan fingerprint density at radius 3 is 2.72 bits per heavy atom. The summed E-state index contributed by atoms with van der Waals surface area (Å²) in [6.45, 7) is 6.70. The molecule has 25 heavy (non-hydrogen) atoms. The Morgan fingerprint density at radius 1 is 1.28 bits per heavy atom. The van der Waals surface area contributed by atoms with E-state index in [1.54, 1.807) is 24.3 Å². The fourth-order valence-electron chi connectivity index (χ4n) is 2.05. The molecule has 0 fully saturated rings. The molecule has 2 aromatic heterocycles. The number of hydrogen-bond donors (Lipinski definition) is 3. The van der Waals surface area contributed by atoms with Gasteiger partial charge in [-0.1, -0.05) is 0 Å². The van der Waals surface area contributed by atoms with Crippen molar-refractivity contribution in [1.82, 2.24) is 30.4 Å². The van der Waals surface area contributed by atoms with Crippen LogP contribution in [0.4, 0.5) is 5.82 Å². The third-order valence-corrected chi connectivity index (χ3v) is 4.95. The third kappa shape index (κ3) is 6.17. The number of nitrogens with one attached hydrogen (secondary N) is 3. The second-order valence-corrected chi connectivity index (χ2v) is 7.48. The molecule has 3 N–H and O–H groups in total. The number of aryl methyl sites for hydroxylation is 1. The van der Waals surface area contributed by atoms with E-state index in [0.29, 0.717) is 6.54 Å².